The molecule has 16 N–H and O–H groups in total. The van der Waals surface area contributed by atoms with Crippen molar-refractivity contribution in [3.63, 3.8) is 0 Å². The van der Waals surface area contributed by atoms with Crippen LogP contribution in [-0.4, -0.2) is 164 Å². The number of nitrogens with one attached hydrogen (secondary N) is 8. The van der Waals surface area contributed by atoms with Gasteiger partial charge in [-0.05, 0) is 100 Å². The van der Waals surface area contributed by atoms with Gasteiger partial charge in [0, 0.05) is 36.7 Å². The number of amides is 7. The summed E-state index contributed by atoms with van der Waals surface area (Å²) < 4.78 is 0.870. The van der Waals surface area contributed by atoms with Crippen LogP contribution in [0.25, 0.3) is 0 Å². The summed E-state index contributed by atoms with van der Waals surface area (Å²) in [5, 5.41) is 43.3. The van der Waals surface area contributed by atoms with Crippen LogP contribution >= 0.6 is 15.9 Å². The average Bonchev–Trinajstić information content (AvgIpc) is 4.14. The number of carboxylic acid groups (broad SMARTS) is 2. The number of aliphatic carboxylic acids is 2. The Balaban J connectivity index is 1.52. The summed E-state index contributed by atoms with van der Waals surface area (Å²) in [5.74, 6) is -8.82. The SMILES string of the molecule is CC(C)C[C@H](NC(=O)[C@@H]1CCCN1C(=O)[C@H](CCCNC(=N)N)NC(=O)[C@H](Cc1c[nH]cn1)NC(=O)CN)C(=O)N[C@@H](CC(=O)O)C(=O)N[C@@H](CCCCN)C(=O)N1CC(Cc2ccc(Br)cc2)C[C@H]1C(=O)O. The minimum absolute atomic E-state index is 0.0144. The van der Waals surface area contributed by atoms with Gasteiger partial charge >= 0.3 is 11.9 Å². The minimum atomic E-state index is -1.75. The van der Waals surface area contributed by atoms with Crippen molar-refractivity contribution in [2.45, 2.75) is 133 Å². The number of carbonyl (C=O) groups excluding carboxylic acids is 7. The Morgan fingerprint density at radius 3 is 2.04 bits per heavy atom. The van der Waals surface area contributed by atoms with Gasteiger partial charge in [0.25, 0.3) is 0 Å². The third kappa shape index (κ3) is 18.7. The summed E-state index contributed by atoms with van der Waals surface area (Å²) in [6.45, 7) is 3.73. The second-order valence-corrected chi connectivity index (χ2v) is 19.7. The lowest BCUT2D eigenvalue weighted by Gasteiger charge is -2.31. The molecule has 2 aliphatic rings. The smallest absolute Gasteiger partial charge is 0.326 e. The first-order valence-corrected chi connectivity index (χ1v) is 25.3. The van der Waals surface area contributed by atoms with Crippen molar-refractivity contribution in [2.75, 3.05) is 32.7 Å². The van der Waals surface area contributed by atoms with Crippen LogP contribution in [0.15, 0.2) is 41.3 Å². The molecule has 0 bridgehead atoms. The molecular weight excluding hydrogens is 1020 g/mol. The van der Waals surface area contributed by atoms with Crippen molar-refractivity contribution in [1.82, 2.24) is 51.7 Å². The van der Waals surface area contributed by atoms with E-state index >= 15 is 0 Å². The lowest BCUT2D eigenvalue weighted by Crippen LogP contribution is -2.60. The molecule has 0 radical (unpaired) electrons. The number of hydrogen-bond donors (Lipinski definition) is 13. The van der Waals surface area contributed by atoms with Crippen LogP contribution < -0.4 is 49.1 Å². The summed E-state index contributed by atoms with van der Waals surface area (Å²) in [6.07, 6.45) is 4.27. The second-order valence-electron chi connectivity index (χ2n) is 18.8. The lowest BCUT2D eigenvalue weighted by molar-refractivity contribution is -0.149. The number of aromatic nitrogens is 2. The van der Waals surface area contributed by atoms with E-state index in [4.69, 9.17) is 22.6 Å². The maximum atomic E-state index is 14.4. The first-order valence-electron chi connectivity index (χ1n) is 24.5. The first kappa shape index (κ1) is 58.9. The molecule has 7 amide bonds. The van der Waals surface area contributed by atoms with Gasteiger partial charge < -0.3 is 74.1 Å². The summed E-state index contributed by atoms with van der Waals surface area (Å²) >= 11 is 3.40. The molecule has 26 heteroatoms. The number of likely N-dealkylation sites (tertiary alicyclic amines) is 2. The highest BCUT2D eigenvalue weighted by atomic mass is 79.9. The van der Waals surface area contributed by atoms with Gasteiger partial charge in [0.15, 0.2) is 5.96 Å². The summed E-state index contributed by atoms with van der Waals surface area (Å²) in [7, 11) is 0. The first-order chi connectivity index (χ1) is 34.7. The summed E-state index contributed by atoms with van der Waals surface area (Å²) in [5.41, 5.74) is 18.1. The van der Waals surface area contributed by atoms with Crippen LogP contribution in [0.5, 0.6) is 0 Å². The molecule has 8 atom stereocenters. The van der Waals surface area contributed by atoms with Gasteiger partial charge in [0.2, 0.25) is 41.4 Å². The topological polar surface area (TPSA) is 403 Å². The van der Waals surface area contributed by atoms with Gasteiger partial charge in [-0.1, -0.05) is 41.9 Å². The van der Waals surface area contributed by atoms with Crippen molar-refractivity contribution in [2.24, 2.45) is 29.0 Å². The Morgan fingerprint density at radius 1 is 0.822 bits per heavy atom. The highest BCUT2D eigenvalue weighted by molar-refractivity contribution is 9.10. The highest BCUT2D eigenvalue weighted by Gasteiger charge is 2.43. The number of halogens is 1. The summed E-state index contributed by atoms with van der Waals surface area (Å²) in [4.78, 5) is 131. The molecule has 1 unspecified atom stereocenters. The fourth-order valence-corrected chi connectivity index (χ4v) is 9.25. The molecule has 73 heavy (non-hydrogen) atoms. The Labute approximate surface area is 431 Å². The van der Waals surface area contributed by atoms with E-state index in [0.717, 1.165) is 10.0 Å². The van der Waals surface area contributed by atoms with E-state index in [-0.39, 0.29) is 88.9 Å². The summed E-state index contributed by atoms with van der Waals surface area (Å²) in [6, 6.07) is -1.63. The van der Waals surface area contributed by atoms with E-state index in [1.807, 2.05) is 24.3 Å². The van der Waals surface area contributed by atoms with E-state index in [9.17, 15) is 53.4 Å². The van der Waals surface area contributed by atoms with Crippen LogP contribution in [0, 0.1) is 17.2 Å². The number of nitrogens with two attached hydrogens (primary N) is 3. The molecule has 25 nitrogen and oxygen atoms in total. The van der Waals surface area contributed by atoms with Gasteiger partial charge in [-0.25, -0.2) is 9.78 Å². The fraction of sp³-hybridized carbons (Fsp3) is 0.596. The number of aromatic amines is 1. The fourth-order valence-electron chi connectivity index (χ4n) is 8.99. The number of benzene rings is 1. The zero-order chi connectivity index (χ0) is 53.8. The third-order valence-corrected chi connectivity index (χ3v) is 13.1. The number of nitrogens with zero attached hydrogens (tertiary/aromatic N) is 3. The number of guanidine groups is 1. The van der Waals surface area contributed by atoms with Crippen LogP contribution in [-0.2, 0) is 56.0 Å². The third-order valence-electron chi connectivity index (χ3n) is 12.6. The van der Waals surface area contributed by atoms with E-state index in [0.29, 0.717) is 31.4 Å². The number of carbonyl (C=O) groups is 9. The molecular formula is C47H71BrN14O11. The number of unbranched alkanes of at least 4 members (excludes halogenated alkanes) is 1. The van der Waals surface area contributed by atoms with Gasteiger partial charge in [-0.15, -0.1) is 0 Å². The molecule has 2 saturated heterocycles. The lowest BCUT2D eigenvalue weighted by atomic mass is 9.97. The second kappa shape index (κ2) is 29.1. The largest absolute Gasteiger partial charge is 0.481 e. The van der Waals surface area contributed by atoms with Crippen molar-refractivity contribution in [3.05, 3.63) is 52.5 Å². The predicted octanol–water partition coefficient (Wildman–Crippen LogP) is -1.45. The number of H-pyrrole nitrogens is 1. The van der Waals surface area contributed by atoms with E-state index in [1.54, 1.807) is 13.8 Å². The normalized spacial score (nSPS) is 18.4. The molecule has 2 aliphatic heterocycles. The van der Waals surface area contributed by atoms with Gasteiger partial charge in [0.1, 0.15) is 42.3 Å². The maximum Gasteiger partial charge on any atom is 0.326 e. The maximum absolute atomic E-state index is 14.4. The molecule has 2 fully saturated rings. The van der Waals surface area contributed by atoms with Crippen LogP contribution in [0.3, 0.4) is 0 Å². The number of carboxylic acids is 2. The Kier molecular flexibility index (Phi) is 23.5. The minimum Gasteiger partial charge on any atom is -0.481 e. The van der Waals surface area contributed by atoms with Crippen molar-refractivity contribution >= 4 is 75.2 Å². The molecule has 402 valence electrons. The zero-order valence-electron chi connectivity index (χ0n) is 41.2. The molecule has 2 aromatic rings. The molecule has 0 spiro atoms. The van der Waals surface area contributed by atoms with Crippen molar-refractivity contribution in [1.29, 1.82) is 5.41 Å². The Morgan fingerprint density at radius 2 is 1.45 bits per heavy atom. The van der Waals surface area contributed by atoms with E-state index < -0.39 is 109 Å². The standard InChI is InChI=1S/C47H71BrN14O11/c1-26(2)17-33(60-43(69)36-9-6-16-61(36)44(70)32(8-5-15-54-47(51)52)58-41(67)34(56-38(63)22-50)20-30-23-53-25-55-30)40(66)59-35(21-39(64)65)42(68)57-31(7-3-4-14-49)45(71)62-24-28(19-37(62)46(72)73)18-27-10-12-29(48)13-11-27/h10-13,23,25-26,28,31-37H,3-9,14-22,24,49-50H2,1-2H3,(H,53,55)(H,56,63)(H,57,68)(H,58,67)(H,59,66)(H,60,69)(H,64,65)(H,72,73)(H4,51,52,54)/t28?,31-,32-,33-,34-,35-,36-,37-/m0/s1. The predicted molar refractivity (Wildman–Crippen MR) is 269 cm³/mol. The molecule has 0 saturated carbocycles. The van der Waals surface area contributed by atoms with Gasteiger partial charge in [-0.3, -0.25) is 43.8 Å². The quantitative estimate of drug-likeness (QED) is 0.0252. The van der Waals surface area contributed by atoms with Crippen LogP contribution in [0.1, 0.15) is 89.3 Å². The highest BCUT2D eigenvalue weighted by Crippen LogP contribution is 2.29. The van der Waals surface area contributed by atoms with E-state index in [1.165, 1.54) is 22.3 Å². The van der Waals surface area contributed by atoms with Gasteiger partial charge in [0.05, 0.1) is 25.0 Å². The number of imidazole rings is 1. The van der Waals surface area contributed by atoms with Crippen LogP contribution in [0.2, 0.25) is 0 Å². The Hall–Kier alpha value is -6.67. The van der Waals surface area contributed by atoms with E-state index in [2.05, 4.69) is 57.8 Å². The zero-order valence-corrected chi connectivity index (χ0v) is 42.8. The average molecular weight is 1090 g/mol. The van der Waals surface area contributed by atoms with Crippen molar-refractivity contribution in [3.8, 4) is 0 Å². The molecule has 1 aromatic carbocycles. The Bertz CT molecular complexity index is 2230. The number of rotatable bonds is 29. The number of hydrogen-bond acceptors (Lipinski definition) is 13. The molecule has 1 aromatic heterocycles. The molecule has 4 rings (SSSR count). The van der Waals surface area contributed by atoms with Crippen molar-refractivity contribution < 1.29 is 53.4 Å². The van der Waals surface area contributed by atoms with Gasteiger partial charge in [-0.2, -0.15) is 0 Å². The molecule has 0 aliphatic carbocycles. The molecule has 3 heterocycles. The van der Waals surface area contributed by atoms with Crippen LogP contribution in [0.4, 0.5) is 0 Å². The monoisotopic (exact) mass is 1090 g/mol.